The van der Waals surface area contributed by atoms with Crippen LogP contribution in [0.3, 0.4) is 0 Å². The predicted molar refractivity (Wildman–Crippen MR) is 122 cm³/mol. The van der Waals surface area contributed by atoms with E-state index in [1.807, 2.05) is 32.0 Å². The highest BCUT2D eigenvalue weighted by atomic mass is 16.5. The van der Waals surface area contributed by atoms with Gasteiger partial charge in [-0.3, -0.25) is 4.79 Å². The average Bonchev–Trinajstić information content (AvgIpc) is 2.77. The normalized spacial score (nSPS) is 10.4. The molecule has 0 radical (unpaired) electrons. The van der Waals surface area contributed by atoms with Crippen LogP contribution in [0.2, 0.25) is 0 Å². The van der Waals surface area contributed by atoms with Crippen molar-refractivity contribution in [1.29, 1.82) is 0 Å². The minimum Gasteiger partial charge on any atom is -0.490 e. The molecule has 0 bridgehead atoms. The minimum atomic E-state index is -0.386. The smallest absolute Gasteiger partial charge is 0.338 e. The van der Waals surface area contributed by atoms with Crippen LogP contribution in [0, 0.1) is 0 Å². The van der Waals surface area contributed by atoms with E-state index in [9.17, 15) is 9.59 Å². The zero-order valence-corrected chi connectivity index (χ0v) is 18.7. The molecule has 6 heteroatoms. The van der Waals surface area contributed by atoms with Gasteiger partial charge in [-0.05, 0) is 62.1 Å². The first-order chi connectivity index (χ1) is 15.1. The molecule has 0 aliphatic carbocycles. The van der Waals surface area contributed by atoms with E-state index in [1.54, 1.807) is 24.3 Å². The fourth-order valence-electron chi connectivity index (χ4n) is 2.91. The molecule has 0 spiro atoms. The highest BCUT2D eigenvalue weighted by Gasteiger charge is 2.11. The van der Waals surface area contributed by atoms with Crippen LogP contribution >= 0.6 is 0 Å². The van der Waals surface area contributed by atoms with E-state index in [-0.39, 0.29) is 11.9 Å². The van der Waals surface area contributed by atoms with Gasteiger partial charge in [0.2, 0.25) is 5.91 Å². The third-order valence-corrected chi connectivity index (χ3v) is 4.52. The number of carbonyl (C=O) groups excluding carboxylic acids is 2. The molecular formula is C25H33NO5. The van der Waals surface area contributed by atoms with E-state index in [0.717, 1.165) is 30.6 Å². The molecule has 0 saturated carbocycles. The second-order valence-corrected chi connectivity index (χ2v) is 7.18. The van der Waals surface area contributed by atoms with Crippen molar-refractivity contribution in [3.63, 3.8) is 0 Å². The molecule has 0 atom stereocenters. The van der Waals surface area contributed by atoms with Gasteiger partial charge in [-0.25, -0.2) is 4.79 Å². The van der Waals surface area contributed by atoms with Gasteiger partial charge in [0, 0.05) is 12.1 Å². The summed E-state index contributed by atoms with van der Waals surface area (Å²) in [5.41, 5.74) is 2.00. The maximum absolute atomic E-state index is 12.4. The van der Waals surface area contributed by atoms with Gasteiger partial charge in [0.15, 0.2) is 11.5 Å². The van der Waals surface area contributed by atoms with Crippen molar-refractivity contribution < 1.29 is 23.8 Å². The lowest BCUT2D eigenvalue weighted by Gasteiger charge is -2.13. The summed E-state index contributed by atoms with van der Waals surface area (Å²) in [4.78, 5) is 24.4. The van der Waals surface area contributed by atoms with Gasteiger partial charge >= 0.3 is 5.97 Å². The zero-order chi connectivity index (χ0) is 22.5. The number of ether oxygens (including phenoxy) is 3. The maximum Gasteiger partial charge on any atom is 0.338 e. The Bertz CT molecular complexity index is 850. The Labute approximate surface area is 184 Å². The van der Waals surface area contributed by atoms with Crippen LogP contribution in [0.1, 0.15) is 62.4 Å². The Morgan fingerprint density at radius 1 is 0.903 bits per heavy atom. The zero-order valence-electron chi connectivity index (χ0n) is 18.7. The Balaban J connectivity index is 1.93. The van der Waals surface area contributed by atoms with Crippen LogP contribution < -0.4 is 14.8 Å². The average molecular weight is 428 g/mol. The Morgan fingerprint density at radius 2 is 1.74 bits per heavy atom. The van der Waals surface area contributed by atoms with Gasteiger partial charge in [-0.2, -0.15) is 0 Å². The summed E-state index contributed by atoms with van der Waals surface area (Å²) in [6.07, 6.45) is 3.70. The van der Waals surface area contributed by atoms with Crippen LogP contribution in [0.5, 0.6) is 11.5 Å². The Hall–Kier alpha value is -3.02. The fraction of sp³-hybridized carbons (Fsp3) is 0.440. The van der Waals surface area contributed by atoms with Gasteiger partial charge in [0.1, 0.15) is 0 Å². The van der Waals surface area contributed by atoms with Crippen LogP contribution in [-0.2, 0) is 16.0 Å². The Kier molecular flexibility index (Phi) is 10.4. The molecule has 0 heterocycles. The summed E-state index contributed by atoms with van der Waals surface area (Å²) < 4.78 is 16.6. The van der Waals surface area contributed by atoms with Crippen LogP contribution in [0.25, 0.3) is 0 Å². The molecule has 1 amide bonds. The summed E-state index contributed by atoms with van der Waals surface area (Å²) >= 11 is 0. The van der Waals surface area contributed by atoms with E-state index < -0.39 is 0 Å². The minimum absolute atomic E-state index is 0.125. The van der Waals surface area contributed by atoms with Crippen molar-refractivity contribution >= 4 is 17.6 Å². The SMILES string of the molecule is CCCCOc1ccc(CCC(=O)Nc2cccc(C(=O)OCCC)c2)cc1OCC. The number of amides is 1. The molecule has 1 N–H and O–H groups in total. The monoisotopic (exact) mass is 427 g/mol. The van der Waals surface area contributed by atoms with Gasteiger partial charge in [0.05, 0.1) is 25.4 Å². The lowest BCUT2D eigenvalue weighted by molar-refractivity contribution is -0.116. The quantitative estimate of drug-likeness (QED) is 0.342. The molecule has 2 rings (SSSR count). The number of anilines is 1. The molecule has 2 aromatic rings. The van der Waals surface area contributed by atoms with Gasteiger partial charge in [-0.1, -0.05) is 32.4 Å². The van der Waals surface area contributed by atoms with Crippen LogP contribution in [0.4, 0.5) is 5.69 Å². The predicted octanol–water partition coefficient (Wildman–Crippen LogP) is 5.40. The standard InChI is InChI=1S/C25H33NO5/c1-4-7-16-30-22-13-11-19(17-23(22)29-6-3)12-14-24(27)26-21-10-8-9-20(18-21)25(28)31-15-5-2/h8-11,13,17-18H,4-7,12,14-16H2,1-3H3,(H,26,27). The molecule has 2 aromatic carbocycles. The summed E-state index contributed by atoms with van der Waals surface area (Å²) in [7, 11) is 0. The molecule has 0 unspecified atom stereocenters. The van der Waals surface area contributed by atoms with E-state index in [0.29, 0.717) is 49.7 Å². The lowest BCUT2D eigenvalue weighted by atomic mass is 10.1. The largest absolute Gasteiger partial charge is 0.490 e. The number of benzene rings is 2. The molecule has 0 saturated heterocycles. The van der Waals surface area contributed by atoms with E-state index in [2.05, 4.69) is 12.2 Å². The second kappa shape index (κ2) is 13.3. The van der Waals surface area contributed by atoms with Crippen molar-refractivity contribution in [2.24, 2.45) is 0 Å². The molecule has 0 aliphatic heterocycles. The number of nitrogens with one attached hydrogen (secondary N) is 1. The third-order valence-electron chi connectivity index (χ3n) is 4.52. The maximum atomic E-state index is 12.4. The van der Waals surface area contributed by atoms with Crippen LogP contribution in [0.15, 0.2) is 42.5 Å². The van der Waals surface area contributed by atoms with Gasteiger partial charge in [0.25, 0.3) is 0 Å². The molecule has 0 aliphatic rings. The number of unbranched alkanes of at least 4 members (excludes halogenated alkanes) is 1. The number of hydrogen-bond acceptors (Lipinski definition) is 5. The molecule has 31 heavy (non-hydrogen) atoms. The van der Waals surface area contributed by atoms with Crippen molar-refractivity contribution in [2.45, 2.75) is 52.9 Å². The van der Waals surface area contributed by atoms with Crippen molar-refractivity contribution in [2.75, 3.05) is 25.1 Å². The molecule has 0 aromatic heterocycles. The first-order valence-corrected chi connectivity index (χ1v) is 11.0. The lowest BCUT2D eigenvalue weighted by Crippen LogP contribution is -2.13. The summed E-state index contributed by atoms with van der Waals surface area (Å²) in [6.45, 7) is 7.57. The van der Waals surface area contributed by atoms with E-state index in [1.165, 1.54) is 0 Å². The number of carbonyl (C=O) groups is 2. The first kappa shape index (κ1) is 24.3. The summed E-state index contributed by atoms with van der Waals surface area (Å²) in [5, 5.41) is 2.85. The molecular weight excluding hydrogens is 394 g/mol. The topological polar surface area (TPSA) is 73.9 Å². The highest BCUT2D eigenvalue weighted by Crippen LogP contribution is 2.29. The molecule has 168 valence electrons. The number of aryl methyl sites for hydroxylation is 1. The highest BCUT2D eigenvalue weighted by molar-refractivity contribution is 5.94. The number of esters is 1. The summed E-state index contributed by atoms with van der Waals surface area (Å²) in [6, 6.07) is 12.6. The second-order valence-electron chi connectivity index (χ2n) is 7.18. The van der Waals surface area contributed by atoms with Crippen LogP contribution in [-0.4, -0.2) is 31.7 Å². The Morgan fingerprint density at radius 3 is 2.48 bits per heavy atom. The van der Waals surface area contributed by atoms with Gasteiger partial charge < -0.3 is 19.5 Å². The van der Waals surface area contributed by atoms with Crippen molar-refractivity contribution in [3.05, 3.63) is 53.6 Å². The van der Waals surface area contributed by atoms with E-state index in [4.69, 9.17) is 14.2 Å². The number of hydrogen-bond donors (Lipinski definition) is 1. The van der Waals surface area contributed by atoms with Crippen molar-refractivity contribution in [1.82, 2.24) is 0 Å². The van der Waals surface area contributed by atoms with Gasteiger partial charge in [-0.15, -0.1) is 0 Å². The van der Waals surface area contributed by atoms with E-state index >= 15 is 0 Å². The number of rotatable bonds is 13. The van der Waals surface area contributed by atoms with Crippen molar-refractivity contribution in [3.8, 4) is 11.5 Å². The molecule has 0 fully saturated rings. The fourth-order valence-corrected chi connectivity index (χ4v) is 2.91. The summed E-state index contributed by atoms with van der Waals surface area (Å²) in [5.74, 6) is 0.924. The molecule has 6 nitrogen and oxygen atoms in total. The first-order valence-electron chi connectivity index (χ1n) is 11.0. The third kappa shape index (κ3) is 8.32.